The van der Waals surface area contributed by atoms with Gasteiger partial charge in [0.1, 0.15) is 12.4 Å². The van der Waals surface area contributed by atoms with Crippen LogP contribution in [0.5, 0.6) is 5.75 Å². The summed E-state index contributed by atoms with van der Waals surface area (Å²) in [7, 11) is 0. The van der Waals surface area contributed by atoms with Crippen LogP contribution in [0, 0.1) is 11.8 Å². The lowest BCUT2D eigenvalue weighted by molar-refractivity contribution is -0.141. The Kier molecular flexibility index (Phi) is 6.21. The Hall–Kier alpha value is -2.29. The summed E-state index contributed by atoms with van der Waals surface area (Å²) in [5.41, 5.74) is 2.36. The second kappa shape index (κ2) is 8.37. The molecule has 0 aliphatic rings. The van der Waals surface area contributed by atoms with Gasteiger partial charge in [0.25, 0.3) is 0 Å². The van der Waals surface area contributed by atoms with Gasteiger partial charge < -0.3 is 9.84 Å². The molecule has 0 aliphatic heterocycles. The molecule has 3 heteroatoms. The molecule has 2 aromatic rings. The first kappa shape index (κ1) is 17.1. The summed E-state index contributed by atoms with van der Waals surface area (Å²) in [5, 5.41) is 8.97. The average molecular weight is 312 g/mol. The van der Waals surface area contributed by atoms with Crippen LogP contribution in [0.4, 0.5) is 0 Å². The Morgan fingerprint density at radius 1 is 1.00 bits per heavy atom. The van der Waals surface area contributed by atoms with Crippen molar-refractivity contribution in [1.29, 1.82) is 0 Å². The third-order valence-electron chi connectivity index (χ3n) is 3.93. The van der Waals surface area contributed by atoms with E-state index in [1.54, 1.807) is 6.92 Å². The molecule has 0 saturated heterocycles. The van der Waals surface area contributed by atoms with Crippen molar-refractivity contribution in [1.82, 2.24) is 0 Å². The van der Waals surface area contributed by atoms with E-state index in [0.717, 1.165) is 17.7 Å². The van der Waals surface area contributed by atoms with Crippen LogP contribution >= 0.6 is 0 Å². The van der Waals surface area contributed by atoms with E-state index in [9.17, 15) is 4.79 Å². The van der Waals surface area contributed by atoms with Crippen LogP contribution in [-0.2, 0) is 17.8 Å². The molecule has 2 aromatic carbocycles. The number of ether oxygens (including phenoxy) is 1. The maximum Gasteiger partial charge on any atom is 0.306 e. The standard InChI is InChI=1S/C20H24O3/c1-15(12-16(2)20(21)22)13-17-8-10-19(11-9-17)23-14-18-6-4-3-5-7-18/h3-11,15-16H,12-14H2,1-2H3,(H,21,22)/t15-,16+/m1/s1. The predicted molar refractivity (Wildman–Crippen MR) is 91.5 cm³/mol. The summed E-state index contributed by atoms with van der Waals surface area (Å²) in [6, 6.07) is 18.1. The van der Waals surface area contributed by atoms with Crippen molar-refractivity contribution >= 4 is 5.97 Å². The number of hydrogen-bond acceptors (Lipinski definition) is 2. The maximum atomic E-state index is 10.9. The van der Waals surface area contributed by atoms with Gasteiger partial charge in [0.05, 0.1) is 5.92 Å². The van der Waals surface area contributed by atoms with Crippen LogP contribution in [0.2, 0.25) is 0 Å². The third kappa shape index (κ3) is 5.78. The molecule has 0 heterocycles. The van der Waals surface area contributed by atoms with Gasteiger partial charge in [0.2, 0.25) is 0 Å². The Labute approximate surface area is 137 Å². The smallest absolute Gasteiger partial charge is 0.306 e. The molecular formula is C20H24O3. The summed E-state index contributed by atoms with van der Waals surface area (Å²) in [6.45, 7) is 4.42. The Morgan fingerprint density at radius 2 is 1.65 bits per heavy atom. The van der Waals surface area contributed by atoms with Crippen molar-refractivity contribution in [2.75, 3.05) is 0 Å². The molecule has 0 aliphatic carbocycles. The number of aliphatic carboxylic acids is 1. The molecule has 0 bridgehead atoms. The van der Waals surface area contributed by atoms with E-state index in [2.05, 4.69) is 19.1 Å². The van der Waals surface area contributed by atoms with Gasteiger partial charge >= 0.3 is 5.97 Å². The molecule has 122 valence electrons. The summed E-state index contributed by atoms with van der Waals surface area (Å²) in [5.74, 6) is 0.182. The van der Waals surface area contributed by atoms with Gasteiger partial charge in [-0.25, -0.2) is 0 Å². The fourth-order valence-electron chi connectivity index (χ4n) is 2.65. The largest absolute Gasteiger partial charge is 0.489 e. The number of rotatable bonds is 8. The van der Waals surface area contributed by atoms with Crippen LogP contribution in [-0.4, -0.2) is 11.1 Å². The second-order valence-corrected chi connectivity index (χ2v) is 6.20. The Balaban J connectivity index is 1.83. The normalized spacial score (nSPS) is 13.3. The number of hydrogen-bond donors (Lipinski definition) is 1. The first-order chi connectivity index (χ1) is 11.0. The van der Waals surface area contributed by atoms with Crippen molar-refractivity contribution in [2.24, 2.45) is 11.8 Å². The minimum atomic E-state index is -0.721. The molecule has 0 fully saturated rings. The molecule has 2 atom stereocenters. The quantitative estimate of drug-likeness (QED) is 0.777. The zero-order valence-electron chi connectivity index (χ0n) is 13.7. The van der Waals surface area contributed by atoms with Gasteiger partial charge in [0, 0.05) is 0 Å². The van der Waals surface area contributed by atoms with Crippen LogP contribution < -0.4 is 4.74 Å². The zero-order chi connectivity index (χ0) is 16.7. The zero-order valence-corrected chi connectivity index (χ0v) is 13.7. The van der Waals surface area contributed by atoms with E-state index in [0.29, 0.717) is 18.9 Å². The Morgan fingerprint density at radius 3 is 2.26 bits per heavy atom. The lowest BCUT2D eigenvalue weighted by Gasteiger charge is -2.14. The van der Waals surface area contributed by atoms with E-state index >= 15 is 0 Å². The van der Waals surface area contributed by atoms with Crippen molar-refractivity contribution in [3.8, 4) is 5.75 Å². The third-order valence-corrected chi connectivity index (χ3v) is 3.93. The Bertz CT molecular complexity index is 605. The van der Waals surface area contributed by atoms with Crippen molar-refractivity contribution in [3.63, 3.8) is 0 Å². The summed E-state index contributed by atoms with van der Waals surface area (Å²) in [4.78, 5) is 10.9. The molecule has 0 radical (unpaired) electrons. The van der Waals surface area contributed by atoms with E-state index in [-0.39, 0.29) is 5.92 Å². The van der Waals surface area contributed by atoms with Gasteiger partial charge in [-0.15, -0.1) is 0 Å². The van der Waals surface area contributed by atoms with Crippen LogP contribution in [0.1, 0.15) is 31.4 Å². The summed E-state index contributed by atoms with van der Waals surface area (Å²) >= 11 is 0. The summed E-state index contributed by atoms with van der Waals surface area (Å²) in [6.07, 6.45) is 1.58. The number of carboxylic acid groups (broad SMARTS) is 1. The highest BCUT2D eigenvalue weighted by atomic mass is 16.5. The monoisotopic (exact) mass is 312 g/mol. The molecular weight excluding hydrogens is 288 g/mol. The molecule has 23 heavy (non-hydrogen) atoms. The highest BCUT2D eigenvalue weighted by molar-refractivity contribution is 5.69. The van der Waals surface area contributed by atoms with Crippen molar-refractivity contribution in [3.05, 3.63) is 65.7 Å². The van der Waals surface area contributed by atoms with Crippen LogP contribution in [0.15, 0.2) is 54.6 Å². The van der Waals surface area contributed by atoms with E-state index in [4.69, 9.17) is 9.84 Å². The number of carboxylic acids is 1. The van der Waals surface area contributed by atoms with Crippen LogP contribution in [0.3, 0.4) is 0 Å². The van der Waals surface area contributed by atoms with Gasteiger partial charge in [-0.3, -0.25) is 4.79 Å². The summed E-state index contributed by atoms with van der Waals surface area (Å²) < 4.78 is 5.77. The van der Waals surface area contributed by atoms with Gasteiger partial charge in [-0.1, -0.05) is 56.3 Å². The van der Waals surface area contributed by atoms with E-state index in [1.807, 2.05) is 42.5 Å². The van der Waals surface area contributed by atoms with Crippen molar-refractivity contribution in [2.45, 2.75) is 33.3 Å². The van der Waals surface area contributed by atoms with Crippen molar-refractivity contribution < 1.29 is 14.6 Å². The number of benzene rings is 2. The molecule has 1 N–H and O–H groups in total. The molecule has 3 nitrogen and oxygen atoms in total. The first-order valence-corrected chi connectivity index (χ1v) is 8.03. The highest BCUT2D eigenvalue weighted by Gasteiger charge is 2.15. The maximum absolute atomic E-state index is 10.9. The topological polar surface area (TPSA) is 46.5 Å². The molecule has 2 rings (SSSR count). The fourth-order valence-corrected chi connectivity index (χ4v) is 2.65. The van der Waals surface area contributed by atoms with Gasteiger partial charge in [-0.05, 0) is 42.0 Å². The molecule has 0 unspecified atom stereocenters. The first-order valence-electron chi connectivity index (χ1n) is 8.03. The SMILES string of the molecule is C[C@@H](Cc1ccc(OCc2ccccc2)cc1)C[C@H](C)C(=O)O. The molecule has 0 spiro atoms. The molecule has 0 saturated carbocycles. The predicted octanol–water partition coefficient (Wildman–Crippen LogP) is 4.56. The lowest BCUT2D eigenvalue weighted by Crippen LogP contribution is -2.14. The molecule has 0 amide bonds. The molecule has 0 aromatic heterocycles. The van der Waals surface area contributed by atoms with Gasteiger partial charge in [-0.2, -0.15) is 0 Å². The minimum absolute atomic E-state index is 0.293. The van der Waals surface area contributed by atoms with Gasteiger partial charge in [0.15, 0.2) is 0 Å². The van der Waals surface area contributed by atoms with Crippen LogP contribution in [0.25, 0.3) is 0 Å². The number of carbonyl (C=O) groups is 1. The van der Waals surface area contributed by atoms with E-state index < -0.39 is 5.97 Å². The fraction of sp³-hybridized carbons (Fsp3) is 0.350. The highest BCUT2D eigenvalue weighted by Crippen LogP contribution is 2.20. The second-order valence-electron chi connectivity index (χ2n) is 6.20. The lowest BCUT2D eigenvalue weighted by atomic mass is 9.92. The van der Waals surface area contributed by atoms with E-state index in [1.165, 1.54) is 5.56 Å². The minimum Gasteiger partial charge on any atom is -0.489 e. The average Bonchev–Trinajstić information content (AvgIpc) is 2.55.